The fourth-order valence-electron chi connectivity index (χ4n) is 0.716. The first-order chi connectivity index (χ1) is 5.28. The molecule has 0 aliphatic heterocycles. The summed E-state index contributed by atoms with van der Waals surface area (Å²) in [5.41, 5.74) is 4.83. The Kier molecular flexibility index (Phi) is 3.67. The summed E-state index contributed by atoms with van der Waals surface area (Å²) in [7, 11) is 0. The van der Waals surface area contributed by atoms with Crippen LogP contribution in [-0.4, -0.2) is 28.8 Å². The Balaban J connectivity index is 4.24. The van der Waals surface area contributed by atoms with E-state index in [1.54, 1.807) is 20.8 Å². The first kappa shape index (κ1) is 11.4. The van der Waals surface area contributed by atoms with Gasteiger partial charge in [0, 0.05) is 6.92 Å². The number of ether oxygens (including phenoxy) is 1. The van der Waals surface area contributed by atoms with Crippen LogP contribution in [0.5, 0.6) is 0 Å². The van der Waals surface area contributed by atoms with Gasteiger partial charge in [-0.3, -0.25) is 4.79 Å². The van der Waals surface area contributed by atoms with Crippen LogP contribution in [0.1, 0.15) is 27.7 Å². The SMILES string of the molecule is CC(=O)O[C@H](C)C(C)(N)[C@H](C)O. The maximum Gasteiger partial charge on any atom is 0.302 e. The highest BCUT2D eigenvalue weighted by molar-refractivity contribution is 5.66. The Bertz CT molecular complexity index is 166. The van der Waals surface area contributed by atoms with E-state index in [-0.39, 0.29) is 5.97 Å². The Morgan fingerprint density at radius 2 is 2.00 bits per heavy atom. The van der Waals surface area contributed by atoms with Crippen molar-refractivity contribution < 1.29 is 14.6 Å². The minimum absolute atomic E-state index is 0.389. The number of aliphatic hydroxyl groups excluding tert-OH is 1. The molecule has 12 heavy (non-hydrogen) atoms. The van der Waals surface area contributed by atoms with E-state index in [1.807, 2.05) is 0 Å². The summed E-state index contributed by atoms with van der Waals surface area (Å²) in [6.07, 6.45) is -1.21. The van der Waals surface area contributed by atoms with Crippen LogP contribution >= 0.6 is 0 Å². The van der Waals surface area contributed by atoms with Crippen LogP contribution in [0.15, 0.2) is 0 Å². The predicted octanol–water partition coefficient (Wildman–Crippen LogP) is 0.0362. The molecule has 0 bridgehead atoms. The van der Waals surface area contributed by atoms with E-state index in [4.69, 9.17) is 10.5 Å². The minimum Gasteiger partial charge on any atom is -0.461 e. The van der Waals surface area contributed by atoms with E-state index in [0.717, 1.165) is 0 Å². The number of hydrogen-bond donors (Lipinski definition) is 2. The molecule has 4 nitrogen and oxygen atoms in total. The van der Waals surface area contributed by atoms with E-state index in [2.05, 4.69) is 0 Å². The van der Waals surface area contributed by atoms with Crippen molar-refractivity contribution in [1.82, 2.24) is 0 Å². The van der Waals surface area contributed by atoms with Gasteiger partial charge < -0.3 is 15.6 Å². The molecule has 72 valence electrons. The van der Waals surface area contributed by atoms with Crippen molar-refractivity contribution in [2.24, 2.45) is 5.73 Å². The van der Waals surface area contributed by atoms with Crippen LogP contribution in [0.4, 0.5) is 0 Å². The zero-order valence-corrected chi connectivity index (χ0v) is 8.00. The molecule has 3 atom stereocenters. The molecule has 0 aromatic carbocycles. The van der Waals surface area contributed by atoms with Crippen molar-refractivity contribution in [3.8, 4) is 0 Å². The first-order valence-corrected chi connectivity index (χ1v) is 3.92. The maximum absolute atomic E-state index is 10.6. The molecule has 0 spiro atoms. The molecule has 0 aliphatic carbocycles. The van der Waals surface area contributed by atoms with Gasteiger partial charge in [0.05, 0.1) is 11.6 Å². The highest BCUT2D eigenvalue weighted by atomic mass is 16.5. The van der Waals surface area contributed by atoms with E-state index in [9.17, 15) is 9.90 Å². The highest BCUT2D eigenvalue weighted by Crippen LogP contribution is 2.14. The van der Waals surface area contributed by atoms with Crippen LogP contribution in [0.25, 0.3) is 0 Å². The topological polar surface area (TPSA) is 72.5 Å². The molecule has 0 amide bonds. The summed E-state index contributed by atoms with van der Waals surface area (Å²) < 4.78 is 4.85. The van der Waals surface area contributed by atoms with Crippen molar-refractivity contribution in [3.63, 3.8) is 0 Å². The lowest BCUT2D eigenvalue weighted by Crippen LogP contribution is -2.56. The van der Waals surface area contributed by atoms with Gasteiger partial charge in [-0.25, -0.2) is 0 Å². The summed E-state index contributed by atoms with van der Waals surface area (Å²) in [6, 6.07) is 0. The molecule has 0 saturated carbocycles. The molecule has 0 aromatic rings. The third-order valence-electron chi connectivity index (χ3n) is 2.12. The quantitative estimate of drug-likeness (QED) is 0.594. The third-order valence-corrected chi connectivity index (χ3v) is 2.12. The van der Waals surface area contributed by atoms with Gasteiger partial charge in [-0.2, -0.15) is 0 Å². The van der Waals surface area contributed by atoms with Gasteiger partial charge in [0.1, 0.15) is 6.10 Å². The van der Waals surface area contributed by atoms with Crippen LogP contribution in [-0.2, 0) is 9.53 Å². The maximum atomic E-state index is 10.6. The number of rotatable bonds is 3. The van der Waals surface area contributed by atoms with Crippen LogP contribution < -0.4 is 5.73 Å². The molecule has 1 unspecified atom stereocenters. The van der Waals surface area contributed by atoms with Crippen molar-refractivity contribution in [3.05, 3.63) is 0 Å². The number of nitrogens with two attached hydrogens (primary N) is 1. The second-order valence-corrected chi connectivity index (χ2v) is 3.29. The number of carbonyl (C=O) groups is 1. The summed E-state index contributed by atoms with van der Waals surface area (Å²) in [5, 5.41) is 9.25. The minimum atomic E-state index is -0.897. The lowest BCUT2D eigenvalue weighted by Gasteiger charge is -2.33. The average Bonchev–Trinajstić information content (AvgIpc) is 1.85. The number of hydrogen-bond acceptors (Lipinski definition) is 4. The number of aliphatic hydroxyl groups is 1. The molecular formula is C8H17NO3. The molecule has 0 aromatic heterocycles. The molecule has 0 rings (SSSR count). The highest BCUT2D eigenvalue weighted by Gasteiger charge is 2.33. The van der Waals surface area contributed by atoms with Crippen molar-refractivity contribution in [1.29, 1.82) is 0 Å². The Morgan fingerprint density at radius 3 is 2.25 bits per heavy atom. The molecule has 0 heterocycles. The lowest BCUT2D eigenvalue weighted by atomic mass is 9.91. The van der Waals surface area contributed by atoms with Crippen LogP contribution in [0.3, 0.4) is 0 Å². The normalized spacial score (nSPS) is 20.8. The monoisotopic (exact) mass is 175 g/mol. The average molecular weight is 175 g/mol. The van der Waals surface area contributed by atoms with Gasteiger partial charge in [0.25, 0.3) is 0 Å². The molecular weight excluding hydrogens is 158 g/mol. The van der Waals surface area contributed by atoms with Crippen molar-refractivity contribution >= 4 is 5.97 Å². The van der Waals surface area contributed by atoms with Gasteiger partial charge in [0.15, 0.2) is 0 Å². The van der Waals surface area contributed by atoms with Crippen LogP contribution in [0, 0.1) is 0 Å². The zero-order valence-electron chi connectivity index (χ0n) is 8.00. The summed E-state index contributed by atoms with van der Waals surface area (Å²) in [5.74, 6) is -0.389. The third kappa shape index (κ3) is 2.79. The summed E-state index contributed by atoms with van der Waals surface area (Å²) in [4.78, 5) is 10.6. The molecule has 0 saturated heterocycles. The van der Waals surface area contributed by atoms with E-state index in [0.29, 0.717) is 0 Å². The van der Waals surface area contributed by atoms with E-state index >= 15 is 0 Å². The number of carbonyl (C=O) groups excluding carboxylic acids is 1. The largest absolute Gasteiger partial charge is 0.461 e. The van der Waals surface area contributed by atoms with Crippen LogP contribution in [0.2, 0.25) is 0 Å². The molecule has 4 heteroatoms. The summed E-state index contributed by atoms with van der Waals surface area (Å²) in [6.45, 7) is 6.19. The van der Waals surface area contributed by atoms with Gasteiger partial charge in [-0.05, 0) is 20.8 Å². The standard InChI is InChI=1S/C8H17NO3/c1-5(10)8(4,9)6(2)12-7(3)11/h5-6,10H,9H2,1-4H3/t5-,6+,8?/m0/s1. The predicted molar refractivity (Wildman–Crippen MR) is 45.5 cm³/mol. The molecule has 3 N–H and O–H groups in total. The Morgan fingerprint density at radius 1 is 1.58 bits per heavy atom. The molecule has 0 radical (unpaired) electrons. The van der Waals surface area contributed by atoms with E-state index in [1.165, 1.54) is 6.92 Å². The second kappa shape index (κ2) is 3.87. The van der Waals surface area contributed by atoms with Gasteiger partial charge in [-0.1, -0.05) is 0 Å². The lowest BCUT2D eigenvalue weighted by molar-refractivity contribution is -0.150. The molecule has 0 fully saturated rings. The fourth-order valence-corrected chi connectivity index (χ4v) is 0.716. The van der Waals surface area contributed by atoms with Crippen molar-refractivity contribution in [2.75, 3.05) is 0 Å². The van der Waals surface area contributed by atoms with Crippen molar-refractivity contribution in [2.45, 2.75) is 45.4 Å². The number of esters is 1. The van der Waals surface area contributed by atoms with E-state index < -0.39 is 17.7 Å². The first-order valence-electron chi connectivity index (χ1n) is 3.92. The molecule has 0 aliphatic rings. The van der Waals surface area contributed by atoms with Gasteiger partial charge in [0.2, 0.25) is 0 Å². The van der Waals surface area contributed by atoms with Gasteiger partial charge >= 0.3 is 5.97 Å². The zero-order chi connectivity index (χ0) is 9.94. The Labute approximate surface area is 72.7 Å². The second-order valence-electron chi connectivity index (χ2n) is 3.29. The Hall–Kier alpha value is -0.610. The fraction of sp³-hybridized carbons (Fsp3) is 0.875. The smallest absolute Gasteiger partial charge is 0.302 e. The van der Waals surface area contributed by atoms with Gasteiger partial charge in [-0.15, -0.1) is 0 Å². The summed E-state index contributed by atoms with van der Waals surface area (Å²) >= 11 is 0.